The number of benzene rings is 1. The number of hydrogen-bond donors (Lipinski definition) is 1. The molecule has 0 radical (unpaired) electrons. The quantitative estimate of drug-likeness (QED) is 0.619. The number of carbonyl (C=O) groups excluding carboxylic acids is 1. The third-order valence-corrected chi connectivity index (χ3v) is 4.89. The van der Waals surface area contributed by atoms with E-state index in [0.717, 1.165) is 16.7 Å². The summed E-state index contributed by atoms with van der Waals surface area (Å²) in [5.41, 5.74) is 7.91. The summed E-state index contributed by atoms with van der Waals surface area (Å²) in [6, 6.07) is 5.46. The first-order valence-electron chi connectivity index (χ1n) is 8.00. The lowest BCUT2D eigenvalue weighted by Gasteiger charge is -2.04. The van der Waals surface area contributed by atoms with E-state index in [9.17, 15) is 4.79 Å². The summed E-state index contributed by atoms with van der Waals surface area (Å²) in [6.45, 7) is 4.25. The number of aromatic nitrogens is 1. The summed E-state index contributed by atoms with van der Waals surface area (Å²) in [7, 11) is 0. The zero-order chi connectivity index (χ0) is 15.9. The number of thiazole rings is 1. The molecule has 118 valence electrons. The molecule has 0 atom stereocenters. The first kappa shape index (κ1) is 16.7. The van der Waals surface area contributed by atoms with Gasteiger partial charge in [0.2, 0.25) is 0 Å². The smallest absolute Gasteiger partial charge is 0.150 e. The molecule has 0 aliphatic heterocycles. The number of anilines is 1. The van der Waals surface area contributed by atoms with E-state index in [1.54, 1.807) is 17.4 Å². The standard InChI is InChI=1S/C15H16N2OS.C3H8/c16-12-5-6-13(11(7-12)9-18)14-8-17-15(19-14)10-3-1-2-4-10;1-3-2/h5-10H,1-4,16H2;3H2,1-2H3. The fraction of sp³-hybridized carbons (Fsp3) is 0.444. The highest BCUT2D eigenvalue weighted by molar-refractivity contribution is 7.15. The molecule has 1 aliphatic carbocycles. The van der Waals surface area contributed by atoms with Gasteiger partial charge in [0.15, 0.2) is 6.29 Å². The van der Waals surface area contributed by atoms with Crippen molar-refractivity contribution in [3.63, 3.8) is 0 Å². The van der Waals surface area contributed by atoms with Crippen LogP contribution in [0.2, 0.25) is 0 Å². The third-order valence-electron chi connectivity index (χ3n) is 3.70. The maximum Gasteiger partial charge on any atom is 0.150 e. The number of rotatable bonds is 3. The summed E-state index contributed by atoms with van der Waals surface area (Å²) in [6.07, 6.45) is 9.10. The van der Waals surface area contributed by atoms with Gasteiger partial charge in [-0.25, -0.2) is 4.98 Å². The molecule has 0 spiro atoms. The van der Waals surface area contributed by atoms with Crippen LogP contribution in [0.3, 0.4) is 0 Å². The maximum absolute atomic E-state index is 11.1. The average molecular weight is 316 g/mol. The highest BCUT2D eigenvalue weighted by Gasteiger charge is 2.20. The van der Waals surface area contributed by atoms with Gasteiger partial charge in [0.05, 0.1) is 9.88 Å². The van der Waals surface area contributed by atoms with E-state index in [-0.39, 0.29) is 0 Å². The SMILES string of the molecule is CCC.Nc1ccc(-c2cnc(C3CCCC3)s2)c(C=O)c1. The molecule has 1 saturated carbocycles. The molecule has 22 heavy (non-hydrogen) atoms. The Kier molecular flexibility index (Phi) is 6.13. The Morgan fingerprint density at radius 3 is 2.64 bits per heavy atom. The maximum atomic E-state index is 11.1. The lowest BCUT2D eigenvalue weighted by Crippen LogP contribution is -1.90. The Bertz CT molecular complexity index is 615. The zero-order valence-corrected chi connectivity index (χ0v) is 14.2. The fourth-order valence-electron chi connectivity index (χ4n) is 2.68. The topological polar surface area (TPSA) is 56.0 Å². The molecule has 0 unspecified atom stereocenters. The monoisotopic (exact) mass is 316 g/mol. The average Bonchev–Trinajstić information content (AvgIpc) is 3.19. The van der Waals surface area contributed by atoms with Gasteiger partial charge in [-0.05, 0) is 25.0 Å². The first-order valence-corrected chi connectivity index (χ1v) is 8.82. The largest absolute Gasteiger partial charge is 0.399 e. The fourth-order valence-corrected chi connectivity index (χ4v) is 3.81. The van der Waals surface area contributed by atoms with Crippen LogP contribution >= 0.6 is 11.3 Å². The lowest BCUT2D eigenvalue weighted by molar-refractivity contribution is 0.112. The molecule has 1 aromatic carbocycles. The van der Waals surface area contributed by atoms with Crippen molar-refractivity contribution in [2.24, 2.45) is 0 Å². The van der Waals surface area contributed by atoms with E-state index >= 15 is 0 Å². The molecule has 2 aromatic rings. The van der Waals surface area contributed by atoms with E-state index in [2.05, 4.69) is 18.8 Å². The highest BCUT2D eigenvalue weighted by Crippen LogP contribution is 2.39. The van der Waals surface area contributed by atoms with E-state index in [1.165, 1.54) is 37.1 Å². The molecule has 3 nitrogen and oxygen atoms in total. The normalized spacial score (nSPS) is 14.5. The van der Waals surface area contributed by atoms with Crippen molar-refractivity contribution in [1.29, 1.82) is 0 Å². The predicted octanol–water partition coefficient (Wildman–Crippen LogP) is 5.28. The van der Waals surface area contributed by atoms with Crippen LogP contribution in [0.4, 0.5) is 5.69 Å². The number of aldehydes is 1. The van der Waals surface area contributed by atoms with E-state index < -0.39 is 0 Å². The molecule has 0 amide bonds. The number of nitrogens with zero attached hydrogens (tertiary/aromatic N) is 1. The summed E-state index contributed by atoms with van der Waals surface area (Å²) < 4.78 is 0. The van der Waals surface area contributed by atoms with Crippen molar-refractivity contribution < 1.29 is 4.79 Å². The molecular formula is C18H24N2OS. The highest BCUT2D eigenvalue weighted by atomic mass is 32.1. The van der Waals surface area contributed by atoms with Gasteiger partial charge in [-0.1, -0.05) is 39.2 Å². The Hall–Kier alpha value is -1.68. The molecule has 0 bridgehead atoms. The third kappa shape index (κ3) is 3.95. The van der Waals surface area contributed by atoms with Gasteiger partial charge in [0.25, 0.3) is 0 Å². The number of nitrogen functional groups attached to an aromatic ring is 1. The number of carbonyl (C=O) groups is 1. The predicted molar refractivity (Wildman–Crippen MR) is 94.5 cm³/mol. The Morgan fingerprint density at radius 1 is 1.32 bits per heavy atom. The van der Waals surface area contributed by atoms with Gasteiger partial charge in [0, 0.05) is 28.9 Å². The molecule has 1 heterocycles. The molecule has 3 rings (SSSR count). The second-order valence-electron chi connectivity index (χ2n) is 5.72. The van der Waals surface area contributed by atoms with Crippen molar-refractivity contribution in [2.75, 3.05) is 5.73 Å². The van der Waals surface area contributed by atoms with Crippen LogP contribution in [-0.4, -0.2) is 11.3 Å². The molecule has 1 aromatic heterocycles. The Balaban J connectivity index is 0.000000545. The summed E-state index contributed by atoms with van der Waals surface area (Å²) in [5, 5.41) is 1.21. The van der Waals surface area contributed by atoms with Gasteiger partial charge in [-0.2, -0.15) is 0 Å². The minimum Gasteiger partial charge on any atom is -0.399 e. The van der Waals surface area contributed by atoms with Crippen molar-refractivity contribution in [1.82, 2.24) is 4.98 Å². The van der Waals surface area contributed by atoms with Crippen LogP contribution < -0.4 is 5.73 Å². The number of nitrogens with two attached hydrogens (primary N) is 1. The second kappa shape index (κ2) is 8.08. The van der Waals surface area contributed by atoms with Gasteiger partial charge in [0.1, 0.15) is 0 Å². The van der Waals surface area contributed by atoms with Gasteiger partial charge in [-0.3, -0.25) is 4.79 Å². The van der Waals surface area contributed by atoms with Gasteiger partial charge >= 0.3 is 0 Å². The molecule has 0 saturated heterocycles. The van der Waals surface area contributed by atoms with Crippen LogP contribution in [0.1, 0.15) is 67.2 Å². The summed E-state index contributed by atoms with van der Waals surface area (Å²) in [5.74, 6) is 0.618. The second-order valence-corrected chi connectivity index (χ2v) is 6.78. The van der Waals surface area contributed by atoms with Crippen LogP contribution in [-0.2, 0) is 0 Å². The lowest BCUT2D eigenvalue weighted by atomic mass is 10.1. The van der Waals surface area contributed by atoms with Crippen LogP contribution in [0, 0.1) is 0 Å². The zero-order valence-electron chi connectivity index (χ0n) is 13.3. The molecule has 4 heteroatoms. The van der Waals surface area contributed by atoms with Crippen molar-refractivity contribution in [3.8, 4) is 10.4 Å². The van der Waals surface area contributed by atoms with Gasteiger partial charge < -0.3 is 5.73 Å². The first-order chi connectivity index (χ1) is 10.7. The Labute approximate surface area is 136 Å². The van der Waals surface area contributed by atoms with E-state index in [4.69, 9.17) is 5.73 Å². The van der Waals surface area contributed by atoms with Crippen molar-refractivity contribution >= 4 is 23.3 Å². The van der Waals surface area contributed by atoms with Gasteiger partial charge in [-0.15, -0.1) is 11.3 Å². The van der Waals surface area contributed by atoms with Crippen LogP contribution in [0.5, 0.6) is 0 Å². The van der Waals surface area contributed by atoms with E-state index in [1.807, 2.05) is 18.3 Å². The molecule has 1 aliphatic rings. The Morgan fingerprint density at radius 2 is 2.00 bits per heavy atom. The summed E-state index contributed by atoms with van der Waals surface area (Å²) in [4.78, 5) is 16.7. The van der Waals surface area contributed by atoms with Crippen molar-refractivity contribution in [2.45, 2.75) is 51.9 Å². The minimum atomic E-state index is 0.617. The van der Waals surface area contributed by atoms with Crippen LogP contribution in [0.25, 0.3) is 10.4 Å². The van der Waals surface area contributed by atoms with Crippen molar-refractivity contribution in [3.05, 3.63) is 35.0 Å². The molecule has 2 N–H and O–H groups in total. The summed E-state index contributed by atoms with van der Waals surface area (Å²) >= 11 is 1.71. The minimum absolute atomic E-state index is 0.617. The van der Waals surface area contributed by atoms with E-state index in [0.29, 0.717) is 17.2 Å². The molecular weight excluding hydrogens is 292 g/mol. The van der Waals surface area contributed by atoms with Crippen LogP contribution in [0.15, 0.2) is 24.4 Å². The molecule has 1 fully saturated rings. The number of hydrogen-bond acceptors (Lipinski definition) is 4.